The van der Waals surface area contributed by atoms with Crippen molar-refractivity contribution in [1.82, 2.24) is 0 Å². The van der Waals surface area contributed by atoms with Gasteiger partial charge in [-0.15, -0.1) is 11.3 Å². The number of carbonyl (C=O) groups excluding carboxylic acids is 1. The highest BCUT2D eigenvalue weighted by atomic mass is 35.5. The molecule has 1 saturated carbocycles. The van der Waals surface area contributed by atoms with Crippen LogP contribution in [0.15, 0.2) is 11.4 Å². The number of carbonyl (C=O) groups is 1. The summed E-state index contributed by atoms with van der Waals surface area (Å²) in [6.07, 6.45) is 4.52. The maximum Gasteiger partial charge on any atom is 0.177 e. The lowest BCUT2D eigenvalue weighted by Gasteiger charge is -2.25. The van der Waals surface area contributed by atoms with Gasteiger partial charge in [0.05, 0.1) is 9.90 Å². The zero-order chi connectivity index (χ0) is 10.8. The van der Waals surface area contributed by atoms with Crippen molar-refractivity contribution in [3.63, 3.8) is 0 Å². The van der Waals surface area contributed by atoms with Crippen LogP contribution in [0.1, 0.15) is 42.3 Å². The lowest BCUT2D eigenvalue weighted by Crippen LogP contribution is -2.21. The third kappa shape index (κ3) is 2.43. The van der Waals surface area contributed by atoms with Crippen molar-refractivity contribution in [1.29, 1.82) is 0 Å². The number of ketones is 1. The van der Waals surface area contributed by atoms with Crippen molar-refractivity contribution in [2.75, 3.05) is 0 Å². The maximum atomic E-state index is 12.2. The Hall–Kier alpha value is -0.340. The van der Waals surface area contributed by atoms with Gasteiger partial charge in [0.25, 0.3) is 0 Å². The first-order valence-electron chi connectivity index (χ1n) is 5.45. The van der Waals surface area contributed by atoms with Crippen LogP contribution >= 0.6 is 22.9 Å². The standard InChI is InChI=1S/C12H15ClOS/c1-8-3-2-4-9(7-8)11(14)12-10(13)5-6-15-12/h5-6,8-9H,2-4,7H2,1H3. The van der Waals surface area contributed by atoms with Gasteiger partial charge in [-0.1, -0.05) is 31.4 Å². The fourth-order valence-corrected chi connectivity index (χ4v) is 3.50. The number of halogens is 1. The Balaban J connectivity index is 2.11. The van der Waals surface area contributed by atoms with E-state index >= 15 is 0 Å². The summed E-state index contributed by atoms with van der Waals surface area (Å²) in [4.78, 5) is 12.9. The topological polar surface area (TPSA) is 17.1 Å². The second kappa shape index (κ2) is 4.67. The molecule has 1 aromatic rings. The van der Waals surface area contributed by atoms with Gasteiger partial charge in [0.15, 0.2) is 5.78 Å². The number of hydrogen-bond acceptors (Lipinski definition) is 2. The van der Waals surface area contributed by atoms with Gasteiger partial charge < -0.3 is 0 Å². The summed E-state index contributed by atoms with van der Waals surface area (Å²) in [5.41, 5.74) is 0. The molecule has 2 rings (SSSR count). The molecule has 1 aromatic heterocycles. The van der Waals surface area contributed by atoms with E-state index in [0.717, 1.165) is 17.7 Å². The second-order valence-corrected chi connectivity index (χ2v) is 5.75. The molecule has 15 heavy (non-hydrogen) atoms. The largest absolute Gasteiger partial charge is 0.293 e. The lowest BCUT2D eigenvalue weighted by atomic mass is 9.80. The predicted octanol–water partition coefficient (Wildman–Crippen LogP) is 4.41. The minimum atomic E-state index is 0.213. The molecule has 0 N–H and O–H groups in total. The molecule has 0 spiro atoms. The van der Waals surface area contributed by atoms with E-state index in [-0.39, 0.29) is 11.7 Å². The molecule has 0 aromatic carbocycles. The highest BCUT2D eigenvalue weighted by molar-refractivity contribution is 7.12. The molecular formula is C12H15ClOS. The smallest absolute Gasteiger partial charge is 0.177 e. The van der Waals surface area contributed by atoms with Crippen LogP contribution in [0.25, 0.3) is 0 Å². The van der Waals surface area contributed by atoms with Crippen LogP contribution in [0.4, 0.5) is 0 Å². The van der Waals surface area contributed by atoms with E-state index < -0.39 is 0 Å². The Morgan fingerprint density at radius 2 is 2.33 bits per heavy atom. The molecule has 0 bridgehead atoms. The fraction of sp³-hybridized carbons (Fsp3) is 0.583. The van der Waals surface area contributed by atoms with Gasteiger partial charge in [-0.2, -0.15) is 0 Å². The highest BCUT2D eigenvalue weighted by Crippen LogP contribution is 2.34. The van der Waals surface area contributed by atoms with E-state index in [2.05, 4.69) is 6.92 Å². The summed E-state index contributed by atoms with van der Waals surface area (Å²) in [6.45, 7) is 2.23. The molecular weight excluding hydrogens is 228 g/mol. The predicted molar refractivity (Wildman–Crippen MR) is 64.8 cm³/mol. The molecule has 0 aliphatic heterocycles. The Kier molecular flexibility index (Phi) is 3.47. The number of hydrogen-bond donors (Lipinski definition) is 0. The third-order valence-electron chi connectivity index (χ3n) is 3.15. The van der Waals surface area contributed by atoms with E-state index in [4.69, 9.17) is 11.6 Å². The molecule has 0 saturated heterocycles. The van der Waals surface area contributed by atoms with Crippen LogP contribution in [0.2, 0.25) is 5.02 Å². The third-order valence-corrected chi connectivity index (χ3v) is 4.50. The lowest BCUT2D eigenvalue weighted by molar-refractivity contribution is 0.0873. The molecule has 82 valence electrons. The van der Waals surface area contributed by atoms with Crippen LogP contribution in [-0.4, -0.2) is 5.78 Å². The monoisotopic (exact) mass is 242 g/mol. The molecule has 1 aliphatic carbocycles. The molecule has 1 fully saturated rings. The van der Waals surface area contributed by atoms with Crippen molar-refractivity contribution >= 4 is 28.7 Å². The van der Waals surface area contributed by atoms with E-state index in [1.807, 2.05) is 11.4 Å². The van der Waals surface area contributed by atoms with E-state index in [1.54, 1.807) is 0 Å². The zero-order valence-corrected chi connectivity index (χ0v) is 10.4. The van der Waals surface area contributed by atoms with Crippen LogP contribution in [0.3, 0.4) is 0 Å². The van der Waals surface area contributed by atoms with Gasteiger partial charge in [0, 0.05) is 5.92 Å². The Morgan fingerprint density at radius 1 is 1.53 bits per heavy atom. The minimum absolute atomic E-state index is 0.213. The summed E-state index contributed by atoms with van der Waals surface area (Å²) in [5, 5.41) is 2.52. The summed E-state index contributed by atoms with van der Waals surface area (Å²) in [7, 11) is 0. The van der Waals surface area contributed by atoms with Crippen LogP contribution < -0.4 is 0 Å². The molecule has 0 radical (unpaired) electrons. The Bertz CT molecular complexity index is 358. The summed E-state index contributed by atoms with van der Waals surface area (Å²) in [6, 6.07) is 1.81. The van der Waals surface area contributed by atoms with Crippen molar-refractivity contribution in [3.05, 3.63) is 21.3 Å². The van der Waals surface area contributed by atoms with Crippen molar-refractivity contribution in [3.8, 4) is 0 Å². The molecule has 1 nitrogen and oxygen atoms in total. The zero-order valence-electron chi connectivity index (χ0n) is 8.83. The molecule has 0 amide bonds. The quantitative estimate of drug-likeness (QED) is 0.702. The molecule has 2 unspecified atom stereocenters. The molecule has 3 heteroatoms. The minimum Gasteiger partial charge on any atom is -0.293 e. The summed E-state index contributed by atoms with van der Waals surface area (Å²) in [5.74, 6) is 1.16. The first kappa shape index (κ1) is 11.2. The van der Waals surface area contributed by atoms with Gasteiger partial charge in [0.1, 0.15) is 0 Å². The van der Waals surface area contributed by atoms with Gasteiger partial charge >= 0.3 is 0 Å². The molecule has 2 atom stereocenters. The Morgan fingerprint density at radius 3 is 2.93 bits per heavy atom. The second-order valence-electron chi connectivity index (χ2n) is 4.43. The van der Waals surface area contributed by atoms with Crippen molar-refractivity contribution in [2.24, 2.45) is 11.8 Å². The average Bonchev–Trinajstić information content (AvgIpc) is 2.63. The van der Waals surface area contributed by atoms with Gasteiger partial charge in [-0.25, -0.2) is 0 Å². The Labute approximate surface area is 99.5 Å². The summed E-state index contributed by atoms with van der Waals surface area (Å²) < 4.78 is 0. The van der Waals surface area contributed by atoms with E-state index in [0.29, 0.717) is 10.9 Å². The highest BCUT2D eigenvalue weighted by Gasteiger charge is 2.27. The number of rotatable bonds is 2. The molecule has 1 heterocycles. The van der Waals surface area contributed by atoms with Crippen molar-refractivity contribution < 1.29 is 4.79 Å². The fourth-order valence-electron chi connectivity index (χ4n) is 2.33. The summed E-state index contributed by atoms with van der Waals surface area (Å²) >= 11 is 7.45. The van der Waals surface area contributed by atoms with E-state index in [9.17, 15) is 4.79 Å². The van der Waals surface area contributed by atoms with Gasteiger partial charge in [0.2, 0.25) is 0 Å². The molecule has 1 aliphatic rings. The van der Waals surface area contributed by atoms with Crippen LogP contribution in [0, 0.1) is 11.8 Å². The maximum absolute atomic E-state index is 12.2. The number of thiophene rings is 1. The SMILES string of the molecule is CC1CCCC(C(=O)c2sccc2Cl)C1. The van der Waals surface area contributed by atoms with Crippen LogP contribution in [-0.2, 0) is 0 Å². The number of Topliss-reactive ketones (excluding diaryl/α,β-unsaturated/α-hetero) is 1. The van der Waals surface area contributed by atoms with E-state index in [1.165, 1.54) is 24.2 Å². The first-order valence-corrected chi connectivity index (χ1v) is 6.71. The first-order chi connectivity index (χ1) is 7.18. The van der Waals surface area contributed by atoms with Gasteiger partial charge in [-0.3, -0.25) is 4.79 Å². The van der Waals surface area contributed by atoms with Gasteiger partial charge in [-0.05, 0) is 30.2 Å². The average molecular weight is 243 g/mol. The van der Waals surface area contributed by atoms with Crippen molar-refractivity contribution in [2.45, 2.75) is 32.6 Å². The normalized spacial score (nSPS) is 26.5. The van der Waals surface area contributed by atoms with Crippen LogP contribution in [0.5, 0.6) is 0 Å².